The number of rotatable bonds is 7. The van der Waals surface area contributed by atoms with Gasteiger partial charge in [0.15, 0.2) is 5.79 Å². The molecule has 9 heteroatoms. The van der Waals surface area contributed by atoms with Crippen molar-refractivity contribution in [1.29, 1.82) is 0 Å². The van der Waals surface area contributed by atoms with Crippen molar-refractivity contribution in [2.24, 2.45) is 11.8 Å². The Morgan fingerprint density at radius 3 is 2.79 bits per heavy atom. The van der Waals surface area contributed by atoms with E-state index in [1.807, 2.05) is 19.9 Å². The Morgan fingerprint density at radius 2 is 1.95 bits per heavy atom. The van der Waals surface area contributed by atoms with Crippen LogP contribution in [0.3, 0.4) is 0 Å². The number of aromatic nitrogens is 5. The molecule has 0 spiro atoms. The molecule has 4 atom stereocenters. The summed E-state index contributed by atoms with van der Waals surface area (Å²) in [5.74, 6) is 2.20. The Kier molecular flexibility index (Phi) is 5.95. The smallest absolute Gasteiger partial charge is 0.163 e. The first-order chi connectivity index (χ1) is 18.7. The summed E-state index contributed by atoms with van der Waals surface area (Å²) in [6.07, 6.45) is 9.39. The molecule has 3 aliphatic rings. The topological polar surface area (TPSA) is 107 Å². The SMILES string of the molecule is Cc1ccc2nc(CCC3CC(N(C)C[C@H]4C[C@@H](n5ccc6c(N)ncnc65)[C@@H]5OC(C)(C)O[C@H]45)C3)[nH]c2c1. The van der Waals surface area contributed by atoms with Crippen molar-refractivity contribution in [2.45, 2.75) is 83.0 Å². The van der Waals surface area contributed by atoms with E-state index in [1.165, 1.54) is 24.8 Å². The zero-order chi connectivity index (χ0) is 26.9. The molecular weight excluding hydrogens is 490 g/mol. The average Bonchev–Trinajstić information content (AvgIpc) is 3.60. The van der Waals surface area contributed by atoms with Crippen molar-refractivity contribution in [3.8, 4) is 0 Å². The number of H-pyrrole nitrogens is 1. The first-order valence-electron chi connectivity index (χ1n) is 14.3. The van der Waals surface area contributed by atoms with E-state index >= 15 is 0 Å². The monoisotopic (exact) mass is 529 g/mol. The predicted octanol–water partition coefficient (Wildman–Crippen LogP) is 4.62. The summed E-state index contributed by atoms with van der Waals surface area (Å²) < 4.78 is 15.2. The molecule has 2 aliphatic carbocycles. The van der Waals surface area contributed by atoms with Gasteiger partial charge in [0.25, 0.3) is 0 Å². The number of aryl methyl sites for hydroxylation is 2. The maximum absolute atomic E-state index is 6.49. The van der Waals surface area contributed by atoms with Crippen LogP contribution in [0.4, 0.5) is 5.82 Å². The fraction of sp³-hybridized carbons (Fsp3) is 0.567. The minimum absolute atomic E-state index is 0.00748. The van der Waals surface area contributed by atoms with E-state index in [4.69, 9.17) is 20.2 Å². The van der Waals surface area contributed by atoms with E-state index in [9.17, 15) is 0 Å². The van der Waals surface area contributed by atoms with Crippen molar-refractivity contribution in [2.75, 3.05) is 19.3 Å². The Labute approximate surface area is 229 Å². The van der Waals surface area contributed by atoms with Crippen LogP contribution >= 0.6 is 0 Å². The van der Waals surface area contributed by atoms with Crippen molar-refractivity contribution < 1.29 is 9.47 Å². The summed E-state index contributed by atoms with van der Waals surface area (Å²) in [5.41, 5.74) is 10.5. The molecule has 0 unspecified atom stereocenters. The summed E-state index contributed by atoms with van der Waals surface area (Å²) >= 11 is 0. The van der Waals surface area contributed by atoms with E-state index < -0.39 is 5.79 Å². The molecule has 1 aromatic carbocycles. The fourth-order valence-electron chi connectivity index (χ4n) is 7.22. The number of fused-ring (bicyclic) bond motifs is 3. The Balaban J connectivity index is 0.983. The van der Waals surface area contributed by atoms with Gasteiger partial charge in [0.2, 0.25) is 0 Å². The second kappa shape index (κ2) is 9.28. The van der Waals surface area contributed by atoms with Crippen molar-refractivity contribution in [3.63, 3.8) is 0 Å². The first-order valence-corrected chi connectivity index (χ1v) is 14.3. The summed E-state index contributed by atoms with van der Waals surface area (Å²) in [4.78, 5) is 19.6. The molecule has 0 radical (unpaired) electrons. The van der Waals surface area contributed by atoms with Gasteiger partial charge in [-0.1, -0.05) is 6.07 Å². The summed E-state index contributed by atoms with van der Waals surface area (Å²) in [6.45, 7) is 7.18. The van der Waals surface area contributed by atoms with E-state index in [0.29, 0.717) is 17.8 Å². The second-order valence-corrected chi connectivity index (χ2v) is 12.5. The lowest BCUT2D eigenvalue weighted by Gasteiger charge is -2.42. The van der Waals surface area contributed by atoms with Gasteiger partial charge in [0, 0.05) is 31.1 Å². The zero-order valence-electron chi connectivity index (χ0n) is 23.3. The van der Waals surface area contributed by atoms with Gasteiger partial charge in [-0.2, -0.15) is 0 Å². The van der Waals surface area contributed by atoms with Crippen LogP contribution in [0.25, 0.3) is 22.1 Å². The van der Waals surface area contributed by atoms with Crippen LogP contribution in [0.2, 0.25) is 0 Å². The number of nitrogens with two attached hydrogens (primary N) is 1. The number of anilines is 1. The number of hydrogen-bond acceptors (Lipinski definition) is 7. The lowest BCUT2D eigenvalue weighted by atomic mass is 9.76. The molecule has 7 rings (SSSR count). The highest BCUT2D eigenvalue weighted by Gasteiger charge is 2.55. The second-order valence-electron chi connectivity index (χ2n) is 12.5. The van der Waals surface area contributed by atoms with E-state index in [1.54, 1.807) is 6.33 Å². The quantitative estimate of drug-likeness (QED) is 0.360. The Morgan fingerprint density at radius 1 is 1.13 bits per heavy atom. The third kappa shape index (κ3) is 4.50. The molecule has 9 nitrogen and oxygen atoms in total. The Bertz CT molecular complexity index is 1500. The minimum Gasteiger partial charge on any atom is -0.383 e. The van der Waals surface area contributed by atoms with Crippen LogP contribution < -0.4 is 5.73 Å². The third-order valence-corrected chi connectivity index (χ3v) is 9.28. The number of ether oxygens (including phenoxy) is 2. The van der Waals surface area contributed by atoms with Gasteiger partial charge in [-0.25, -0.2) is 15.0 Å². The summed E-state index contributed by atoms with van der Waals surface area (Å²) in [5, 5.41) is 0.895. The van der Waals surface area contributed by atoms with Gasteiger partial charge in [0.05, 0.1) is 28.6 Å². The van der Waals surface area contributed by atoms with E-state index in [0.717, 1.165) is 53.2 Å². The van der Waals surface area contributed by atoms with Crippen molar-refractivity contribution in [3.05, 3.63) is 48.2 Å². The van der Waals surface area contributed by atoms with Crippen LogP contribution in [-0.2, 0) is 15.9 Å². The van der Waals surface area contributed by atoms with Crippen LogP contribution in [0.15, 0.2) is 36.8 Å². The zero-order valence-corrected chi connectivity index (χ0v) is 23.3. The number of nitrogen functional groups attached to an aromatic ring is 1. The molecule has 3 N–H and O–H groups in total. The highest BCUT2D eigenvalue weighted by molar-refractivity contribution is 5.86. The third-order valence-electron chi connectivity index (χ3n) is 9.28. The van der Waals surface area contributed by atoms with Gasteiger partial charge in [-0.15, -0.1) is 0 Å². The summed E-state index contributed by atoms with van der Waals surface area (Å²) in [6, 6.07) is 9.22. The number of aromatic amines is 1. The average molecular weight is 530 g/mol. The summed E-state index contributed by atoms with van der Waals surface area (Å²) in [7, 11) is 2.28. The number of benzene rings is 1. The van der Waals surface area contributed by atoms with Crippen LogP contribution in [0.5, 0.6) is 0 Å². The van der Waals surface area contributed by atoms with Gasteiger partial charge in [0.1, 0.15) is 29.7 Å². The minimum atomic E-state index is -0.585. The van der Waals surface area contributed by atoms with Gasteiger partial charge in [-0.05, 0) is 83.2 Å². The number of imidazole rings is 1. The van der Waals surface area contributed by atoms with Crippen LogP contribution in [0.1, 0.15) is 57.0 Å². The molecule has 1 saturated heterocycles. The lowest BCUT2D eigenvalue weighted by molar-refractivity contribution is -0.161. The van der Waals surface area contributed by atoms with Crippen LogP contribution in [-0.4, -0.2) is 67.0 Å². The highest BCUT2D eigenvalue weighted by Crippen LogP contribution is 2.48. The van der Waals surface area contributed by atoms with Gasteiger partial charge >= 0.3 is 0 Å². The largest absolute Gasteiger partial charge is 0.383 e. The molecule has 0 amide bonds. The molecule has 3 fully saturated rings. The molecule has 1 aliphatic heterocycles. The number of nitrogens with zero attached hydrogens (tertiary/aromatic N) is 5. The van der Waals surface area contributed by atoms with E-state index in [2.05, 4.69) is 62.8 Å². The maximum atomic E-state index is 6.49. The molecule has 4 aromatic rings. The molecular formula is C30H39N7O2. The van der Waals surface area contributed by atoms with Gasteiger partial charge < -0.3 is 29.7 Å². The lowest BCUT2D eigenvalue weighted by Crippen LogP contribution is -2.46. The molecule has 206 valence electrons. The number of nitrogens with one attached hydrogen (secondary N) is 1. The molecule has 4 heterocycles. The van der Waals surface area contributed by atoms with Crippen molar-refractivity contribution in [1.82, 2.24) is 29.4 Å². The van der Waals surface area contributed by atoms with E-state index in [-0.39, 0.29) is 18.2 Å². The predicted molar refractivity (Wildman–Crippen MR) is 151 cm³/mol. The van der Waals surface area contributed by atoms with Crippen LogP contribution in [0, 0.1) is 18.8 Å². The molecule has 39 heavy (non-hydrogen) atoms. The molecule has 0 bridgehead atoms. The first kappa shape index (κ1) is 25.0. The van der Waals surface area contributed by atoms with Gasteiger partial charge in [-0.3, -0.25) is 0 Å². The standard InChI is InChI=1S/C30H39N7O2/c1-17-5-7-22-23(11-17)35-25(34-22)8-6-18-12-20(13-18)36(4)15-19-14-24(27-26(19)38-30(2,3)39-27)37-10-9-21-28(31)32-16-33-29(21)37/h5,7,9-11,16,18-20,24,26-27H,6,8,12-15H2,1-4H3,(H,34,35)(H2,31,32,33)/t18?,19-,20?,24-,26-,27+/m1/s1. The number of hydrogen-bond donors (Lipinski definition) is 2. The molecule has 3 aromatic heterocycles. The molecule has 2 saturated carbocycles. The maximum Gasteiger partial charge on any atom is 0.163 e. The highest BCUT2D eigenvalue weighted by atomic mass is 16.8. The Hall–Kier alpha value is -3.01. The van der Waals surface area contributed by atoms with Crippen molar-refractivity contribution >= 4 is 27.9 Å². The normalized spacial score (nSPS) is 29.9. The fourth-order valence-corrected chi connectivity index (χ4v) is 7.22.